The van der Waals surface area contributed by atoms with E-state index in [1.54, 1.807) is 24.3 Å². The molecule has 2 aromatic carbocycles. The van der Waals surface area contributed by atoms with Crippen molar-refractivity contribution in [2.75, 3.05) is 6.61 Å². The molecule has 1 heterocycles. The Labute approximate surface area is 187 Å². The molecule has 0 radical (unpaired) electrons. The van der Waals surface area contributed by atoms with Gasteiger partial charge in [-0.3, -0.25) is 9.59 Å². The predicted octanol–water partition coefficient (Wildman–Crippen LogP) is 5.56. The van der Waals surface area contributed by atoms with Crippen LogP contribution >= 0.6 is 11.6 Å². The van der Waals surface area contributed by atoms with Gasteiger partial charge in [-0.2, -0.15) is 0 Å². The van der Waals surface area contributed by atoms with Gasteiger partial charge >= 0.3 is 0 Å². The smallest absolute Gasteiger partial charge is 0.254 e. The molecule has 1 aliphatic carbocycles. The number of hydrogen-bond donors (Lipinski definition) is 1. The lowest BCUT2D eigenvalue weighted by atomic mass is 9.93. The first kappa shape index (κ1) is 21.4. The van der Waals surface area contributed by atoms with Crippen molar-refractivity contribution in [1.82, 2.24) is 9.88 Å². The Balaban J connectivity index is 1.69. The third-order valence-corrected chi connectivity index (χ3v) is 6.16. The fourth-order valence-electron chi connectivity index (χ4n) is 4.31. The van der Waals surface area contributed by atoms with E-state index in [9.17, 15) is 9.59 Å². The molecule has 3 aromatic rings. The van der Waals surface area contributed by atoms with Gasteiger partial charge in [-0.1, -0.05) is 30.9 Å². The average molecular weight is 439 g/mol. The maximum absolute atomic E-state index is 13.4. The first-order valence-electron chi connectivity index (χ1n) is 10.9. The number of aromatic nitrogens is 1. The fraction of sp³-hybridized carbons (Fsp3) is 0.360. The zero-order valence-electron chi connectivity index (χ0n) is 17.7. The molecular formula is C25H27ClN2O3. The van der Waals surface area contributed by atoms with Gasteiger partial charge in [0.2, 0.25) is 0 Å². The highest BCUT2D eigenvalue weighted by Crippen LogP contribution is 2.26. The Morgan fingerprint density at radius 2 is 1.84 bits per heavy atom. The SMILES string of the molecule is CCOc1ccc2[nH]c(=O)c(CN(C(=O)c3ccc(Cl)cc3)C3CCCCC3)cc2c1. The number of carbonyl (C=O) groups is 1. The van der Waals surface area contributed by atoms with Crippen LogP contribution in [0.2, 0.25) is 5.02 Å². The number of rotatable bonds is 6. The third-order valence-electron chi connectivity index (χ3n) is 5.91. The number of ether oxygens (including phenoxy) is 1. The van der Waals surface area contributed by atoms with Crippen LogP contribution in [0.25, 0.3) is 10.9 Å². The number of hydrogen-bond acceptors (Lipinski definition) is 3. The maximum atomic E-state index is 13.4. The minimum Gasteiger partial charge on any atom is -0.494 e. The van der Waals surface area contributed by atoms with E-state index in [2.05, 4.69) is 4.98 Å². The molecule has 1 N–H and O–H groups in total. The molecule has 4 rings (SSSR count). The van der Waals surface area contributed by atoms with Gasteiger partial charge in [0, 0.05) is 33.1 Å². The number of fused-ring (bicyclic) bond motifs is 1. The van der Waals surface area contributed by atoms with Gasteiger partial charge in [0.05, 0.1) is 13.2 Å². The van der Waals surface area contributed by atoms with Crippen molar-refractivity contribution < 1.29 is 9.53 Å². The van der Waals surface area contributed by atoms with Crippen LogP contribution in [0.3, 0.4) is 0 Å². The highest BCUT2D eigenvalue weighted by atomic mass is 35.5. The van der Waals surface area contributed by atoms with Crippen LogP contribution in [0.5, 0.6) is 5.75 Å². The highest BCUT2D eigenvalue weighted by Gasteiger charge is 2.27. The minimum atomic E-state index is -0.165. The second-order valence-electron chi connectivity index (χ2n) is 8.04. The lowest BCUT2D eigenvalue weighted by Gasteiger charge is -2.34. The van der Waals surface area contributed by atoms with Crippen LogP contribution in [0, 0.1) is 0 Å². The van der Waals surface area contributed by atoms with Crippen LogP contribution < -0.4 is 10.3 Å². The molecule has 162 valence electrons. The van der Waals surface area contributed by atoms with Crippen molar-refractivity contribution in [3.8, 4) is 5.75 Å². The van der Waals surface area contributed by atoms with E-state index in [0.29, 0.717) is 22.8 Å². The molecule has 0 aliphatic heterocycles. The van der Waals surface area contributed by atoms with Gasteiger partial charge < -0.3 is 14.6 Å². The van der Waals surface area contributed by atoms with E-state index in [0.717, 1.165) is 42.3 Å². The minimum absolute atomic E-state index is 0.0638. The standard InChI is InChI=1S/C25H27ClN2O3/c1-2-31-22-12-13-23-18(15-22)14-19(24(29)27-23)16-28(21-6-4-3-5-7-21)25(30)17-8-10-20(26)11-9-17/h8-15,21H,2-7,16H2,1H3,(H,27,29). The summed E-state index contributed by atoms with van der Waals surface area (Å²) < 4.78 is 5.60. The summed E-state index contributed by atoms with van der Waals surface area (Å²) in [6, 6.07) is 14.6. The molecule has 5 nitrogen and oxygen atoms in total. The number of amides is 1. The van der Waals surface area contributed by atoms with Crippen molar-refractivity contribution in [2.45, 2.75) is 51.6 Å². The third kappa shape index (κ3) is 4.93. The van der Waals surface area contributed by atoms with Crippen molar-refractivity contribution in [3.05, 3.63) is 75.0 Å². The first-order valence-corrected chi connectivity index (χ1v) is 11.3. The van der Waals surface area contributed by atoms with E-state index in [1.165, 1.54) is 6.42 Å². The topological polar surface area (TPSA) is 62.4 Å². The summed E-state index contributed by atoms with van der Waals surface area (Å²) in [5, 5.41) is 1.49. The number of pyridine rings is 1. The highest BCUT2D eigenvalue weighted by molar-refractivity contribution is 6.30. The van der Waals surface area contributed by atoms with Crippen LogP contribution in [0.15, 0.2) is 53.3 Å². The molecule has 1 aliphatic rings. The lowest BCUT2D eigenvalue weighted by Crippen LogP contribution is -2.42. The van der Waals surface area contributed by atoms with Gasteiger partial charge in [0.15, 0.2) is 0 Å². The molecule has 0 bridgehead atoms. The van der Waals surface area contributed by atoms with Gasteiger partial charge in [0.1, 0.15) is 5.75 Å². The molecule has 0 unspecified atom stereocenters. The molecule has 31 heavy (non-hydrogen) atoms. The molecule has 1 amide bonds. The summed E-state index contributed by atoms with van der Waals surface area (Å²) in [5.41, 5.74) is 1.76. The van der Waals surface area contributed by atoms with Crippen molar-refractivity contribution in [2.24, 2.45) is 0 Å². The summed E-state index contributed by atoms with van der Waals surface area (Å²) in [6.07, 6.45) is 5.30. The van der Waals surface area contributed by atoms with E-state index < -0.39 is 0 Å². The quantitative estimate of drug-likeness (QED) is 0.548. The van der Waals surface area contributed by atoms with Crippen LogP contribution in [-0.2, 0) is 6.54 Å². The van der Waals surface area contributed by atoms with E-state index in [1.807, 2.05) is 36.1 Å². The first-order chi connectivity index (χ1) is 15.0. The van der Waals surface area contributed by atoms with Crippen LogP contribution in [0.1, 0.15) is 54.9 Å². The number of nitrogens with one attached hydrogen (secondary N) is 1. The van der Waals surface area contributed by atoms with Gasteiger partial charge in [-0.25, -0.2) is 0 Å². The molecule has 0 saturated heterocycles. The molecule has 1 saturated carbocycles. The van der Waals surface area contributed by atoms with E-state index in [-0.39, 0.29) is 24.1 Å². The largest absolute Gasteiger partial charge is 0.494 e. The van der Waals surface area contributed by atoms with Gasteiger partial charge in [-0.05, 0) is 68.3 Å². The van der Waals surface area contributed by atoms with Crippen LogP contribution in [-0.4, -0.2) is 28.4 Å². The van der Waals surface area contributed by atoms with E-state index >= 15 is 0 Å². The number of aromatic amines is 1. The molecule has 1 fully saturated rings. The Morgan fingerprint density at radius 1 is 1.10 bits per heavy atom. The lowest BCUT2D eigenvalue weighted by molar-refractivity contribution is 0.0613. The Morgan fingerprint density at radius 3 is 2.55 bits per heavy atom. The molecule has 6 heteroatoms. The maximum Gasteiger partial charge on any atom is 0.254 e. The number of halogens is 1. The van der Waals surface area contributed by atoms with Gasteiger partial charge in [0.25, 0.3) is 11.5 Å². The zero-order chi connectivity index (χ0) is 21.8. The second-order valence-corrected chi connectivity index (χ2v) is 8.47. The number of carbonyl (C=O) groups excluding carboxylic acids is 1. The Hall–Kier alpha value is -2.79. The van der Waals surface area contributed by atoms with Crippen molar-refractivity contribution in [3.63, 3.8) is 0 Å². The van der Waals surface area contributed by atoms with Crippen LogP contribution in [0.4, 0.5) is 0 Å². The summed E-state index contributed by atoms with van der Waals surface area (Å²) >= 11 is 6.01. The normalized spacial score (nSPS) is 14.5. The molecule has 1 aromatic heterocycles. The second kappa shape index (κ2) is 9.56. The molecule has 0 spiro atoms. The summed E-state index contributed by atoms with van der Waals surface area (Å²) in [4.78, 5) is 31.1. The summed E-state index contributed by atoms with van der Waals surface area (Å²) in [6.45, 7) is 2.79. The molecule has 0 atom stereocenters. The van der Waals surface area contributed by atoms with E-state index in [4.69, 9.17) is 16.3 Å². The number of benzene rings is 2. The summed E-state index contributed by atoms with van der Waals surface area (Å²) in [5.74, 6) is 0.695. The van der Waals surface area contributed by atoms with Crippen molar-refractivity contribution in [1.29, 1.82) is 0 Å². The van der Waals surface area contributed by atoms with Gasteiger partial charge in [-0.15, -0.1) is 0 Å². The zero-order valence-corrected chi connectivity index (χ0v) is 18.5. The predicted molar refractivity (Wildman–Crippen MR) is 124 cm³/mol. The monoisotopic (exact) mass is 438 g/mol. The molecular weight excluding hydrogens is 412 g/mol. The average Bonchev–Trinajstić information content (AvgIpc) is 2.79. The summed E-state index contributed by atoms with van der Waals surface area (Å²) in [7, 11) is 0. The number of H-pyrrole nitrogens is 1. The Bertz CT molecular complexity index is 1120. The Kier molecular flexibility index (Phi) is 6.62. The number of nitrogens with zero attached hydrogens (tertiary/aromatic N) is 1. The fourth-order valence-corrected chi connectivity index (χ4v) is 4.43. The van der Waals surface area contributed by atoms with Crippen molar-refractivity contribution >= 4 is 28.4 Å².